The maximum absolute atomic E-state index is 12.8. The van der Waals surface area contributed by atoms with Gasteiger partial charge < -0.3 is 16.0 Å². The quantitative estimate of drug-likeness (QED) is 0.866. The van der Waals surface area contributed by atoms with E-state index in [0.717, 1.165) is 36.9 Å². The highest BCUT2D eigenvalue weighted by molar-refractivity contribution is 5.95. The molecule has 2 amide bonds. The lowest BCUT2D eigenvalue weighted by Crippen LogP contribution is -2.46. The average Bonchev–Trinajstić information content (AvgIpc) is 2.53. The van der Waals surface area contributed by atoms with Crippen LogP contribution in [-0.2, 0) is 4.79 Å². The third-order valence-corrected chi connectivity index (χ3v) is 4.45. The first-order chi connectivity index (χ1) is 11.4. The van der Waals surface area contributed by atoms with E-state index in [9.17, 15) is 9.59 Å². The monoisotopic (exact) mass is 331 g/mol. The van der Waals surface area contributed by atoms with Crippen LogP contribution in [0.25, 0.3) is 0 Å². The first-order valence-corrected chi connectivity index (χ1v) is 8.77. The Bertz CT molecular complexity index is 578. The standard InChI is InChI=1S/C19H29N3O2/c1-13-9-14(2)11-17(10-13)19(24)22-8-4-5-16(12-22)18(23)21-7-6-15(3)20/h9-11,15-16H,4-8,12,20H2,1-3H3,(H,21,23). The molecule has 0 bridgehead atoms. The summed E-state index contributed by atoms with van der Waals surface area (Å²) in [6, 6.07) is 5.98. The summed E-state index contributed by atoms with van der Waals surface area (Å²) in [6.07, 6.45) is 2.46. The van der Waals surface area contributed by atoms with Crippen molar-refractivity contribution in [1.29, 1.82) is 0 Å². The smallest absolute Gasteiger partial charge is 0.253 e. The minimum atomic E-state index is -0.123. The number of nitrogens with two attached hydrogens (primary N) is 1. The zero-order valence-electron chi connectivity index (χ0n) is 15.0. The summed E-state index contributed by atoms with van der Waals surface area (Å²) in [5.41, 5.74) is 8.58. The van der Waals surface area contributed by atoms with Gasteiger partial charge in [0, 0.05) is 31.2 Å². The molecule has 1 aromatic carbocycles. The molecule has 3 N–H and O–H groups in total. The molecule has 132 valence electrons. The Morgan fingerprint density at radius 2 is 1.96 bits per heavy atom. The van der Waals surface area contributed by atoms with Crippen molar-refractivity contribution < 1.29 is 9.59 Å². The zero-order chi connectivity index (χ0) is 17.7. The van der Waals surface area contributed by atoms with Crippen LogP contribution >= 0.6 is 0 Å². The Morgan fingerprint density at radius 1 is 1.29 bits per heavy atom. The molecule has 5 nitrogen and oxygen atoms in total. The molecule has 0 saturated carbocycles. The fourth-order valence-electron chi connectivity index (χ4n) is 3.22. The fourth-order valence-corrected chi connectivity index (χ4v) is 3.22. The van der Waals surface area contributed by atoms with E-state index < -0.39 is 0 Å². The molecular formula is C19H29N3O2. The Balaban J connectivity index is 1.96. The predicted octanol–water partition coefficient (Wildman–Crippen LogP) is 2.01. The minimum absolute atomic E-state index is 0.0230. The molecule has 1 saturated heterocycles. The Labute approximate surface area is 144 Å². The molecule has 2 rings (SSSR count). The summed E-state index contributed by atoms with van der Waals surface area (Å²) in [4.78, 5) is 26.9. The van der Waals surface area contributed by atoms with Crippen LogP contribution in [0.1, 0.15) is 47.7 Å². The summed E-state index contributed by atoms with van der Waals surface area (Å²) in [6.45, 7) is 7.73. The molecule has 1 fully saturated rings. The van der Waals surface area contributed by atoms with Gasteiger partial charge in [0.1, 0.15) is 0 Å². The third-order valence-electron chi connectivity index (χ3n) is 4.45. The predicted molar refractivity (Wildman–Crippen MR) is 95.8 cm³/mol. The topological polar surface area (TPSA) is 75.4 Å². The van der Waals surface area contributed by atoms with Crippen LogP contribution in [-0.4, -0.2) is 42.4 Å². The van der Waals surface area contributed by atoms with E-state index in [1.54, 1.807) is 0 Å². The molecular weight excluding hydrogens is 302 g/mol. The summed E-state index contributed by atoms with van der Waals surface area (Å²) in [5.74, 6) is -0.0647. The van der Waals surface area contributed by atoms with Gasteiger partial charge in [-0.3, -0.25) is 9.59 Å². The van der Waals surface area contributed by atoms with Crippen LogP contribution in [0.2, 0.25) is 0 Å². The van der Waals surface area contributed by atoms with Crippen LogP contribution in [0.15, 0.2) is 18.2 Å². The van der Waals surface area contributed by atoms with Gasteiger partial charge in [-0.15, -0.1) is 0 Å². The highest BCUT2D eigenvalue weighted by atomic mass is 16.2. The van der Waals surface area contributed by atoms with E-state index in [-0.39, 0.29) is 23.8 Å². The van der Waals surface area contributed by atoms with Crippen LogP contribution in [0, 0.1) is 19.8 Å². The number of piperidine rings is 1. The first kappa shape index (κ1) is 18.5. The Hall–Kier alpha value is -1.88. The molecule has 0 spiro atoms. The highest BCUT2D eigenvalue weighted by Gasteiger charge is 2.28. The number of nitrogens with one attached hydrogen (secondary N) is 1. The second kappa shape index (κ2) is 8.29. The van der Waals surface area contributed by atoms with Crippen molar-refractivity contribution >= 4 is 11.8 Å². The number of rotatable bonds is 5. The number of aryl methyl sites for hydroxylation is 2. The number of carbonyl (C=O) groups excluding carboxylic acids is 2. The van der Waals surface area contributed by atoms with E-state index in [1.165, 1.54) is 0 Å². The van der Waals surface area contributed by atoms with Gasteiger partial charge in [0.05, 0.1) is 5.92 Å². The Morgan fingerprint density at radius 3 is 2.58 bits per heavy atom. The van der Waals surface area contributed by atoms with Gasteiger partial charge in [-0.05, 0) is 52.2 Å². The lowest BCUT2D eigenvalue weighted by molar-refractivity contribution is -0.126. The second-order valence-corrected chi connectivity index (χ2v) is 7.02. The number of benzene rings is 1. The molecule has 0 radical (unpaired) electrons. The van der Waals surface area contributed by atoms with Crippen LogP contribution in [0.3, 0.4) is 0 Å². The summed E-state index contributed by atoms with van der Waals surface area (Å²) < 4.78 is 0. The van der Waals surface area contributed by atoms with Crippen LogP contribution in [0.5, 0.6) is 0 Å². The van der Waals surface area contributed by atoms with Gasteiger partial charge in [0.2, 0.25) is 5.91 Å². The molecule has 1 aliphatic rings. The molecule has 1 aromatic rings. The van der Waals surface area contributed by atoms with Crippen molar-refractivity contribution in [3.05, 3.63) is 34.9 Å². The number of carbonyl (C=O) groups is 2. The third kappa shape index (κ3) is 5.06. The van der Waals surface area contributed by atoms with Crippen molar-refractivity contribution in [1.82, 2.24) is 10.2 Å². The van der Waals surface area contributed by atoms with Crippen LogP contribution in [0.4, 0.5) is 0 Å². The number of hydrogen-bond acceptors (Lipinski definition) is 3. The van der Waals surface area contributed by atoms with Crippen LogP contribution < -0.4 is 11.1 Å². The van der Waals surface area contributed by atoms with Crippen molar-refractivity contribution in [2.75, 3.05) is 19.6 Å². The molecule has 24 heavy (non-hydrogen) atoms. The second-order valence-electron chi connectivity index (χ2n) is 7.02. The van der Waals surface area contributed by atoms with E-state index >= 15 is 0 Å². The average molecular weight is 331 g/mol. The van der Waals surface area contributed by atoms with Gasteiger partial charge in [-0.1, -0.05) is 17.2 Å². The molecule has 2 unspecified atom stereocenters. The molecule has 5 heteroatoms. The normalized spacial score (nSPS) is 19.0. The van der Waals surface area contributed by atoms with Crippen molar-refractivity contribution in [2.24, 2.45) is 11.7 Å². The van der Waals surface area contributed by atoms with Gasteiger partial charge >= 0.3 is 0 Å². The highest BCUT2D eigenvalue weighted by Crippen LogP contribution is 2.20. The molecule has 0 aromatic heterocycles. The maximum Gasteiger partial charge on any atom is 0.253 e. The fraction of sp³-hybridized carbons (Fsp3) is 0.579. The SMILES string of the molecule is Cc1cc(C)cc(C(=O)N2CCCC(C(=O)NCCC(C)N)C2)c1. The molecule has 0 aliphatic carbocycles. The lowest BCUT2D eigenvalue weighted by Gasteiger charge is -2.32. The van der Waals surface area contributed by atoms with Crippen molar-refractivity contribution in [3.8, 4) is 0 Å². The molecule has 2 atom stereocenters. The first-order valence-electron chi connectivity index (χ1n) is 8.77. The minimum Gasteiger partial charge on any atom is -0.356 e. The largest absolute Gasteiger partial charge is 0.356 e. The lowest BCUT2D eigenvalue weighted by atomic mass is 9.96. The van der Waals surface area contributed by atoms with E-state index in [4.69, 9.17) is 5.73 Å². The number of hydrogen-bond donors (Lipinski definition) is 2. The number of nitrogens with zero attached hydrogens (tertiary/aromatic N) is 1. The van der Waals surface area contributed by atoms with Gasteiger partial charge in [-0.2, -0.15) is 0 Å². The summed E-state index contributed by atoms with van der Waals surface area (Å²) in [7, 11) is 0. The zero-order valence-corrected chi connectivity index (χ0v) is 15.0. The summed E-state index contributed by atoms with van der Waals surface area (Å²) >= 11 is 0. The Kier molecular flexibility index (Phi) is 6.37. The maximum atomic E-state index is 12.8. The molecule has 1 aliphatic heterocycles. The van der Waals surface area contributed by atoms with E-state index in [1.807, 2.05) is 37.8 Å². The van der Waals surface area contributed by atoms with Gasteiger partial charge in [0.15, 0.2) is 0 Å². The van der Waals surface area contributed by atoms with Gasteiger partial charge in [-0.25, -0.2) is 0 Å². The van der Waals surface area contributed by atoms with Gasteiger partial charge in [0.25, 0.3) is 5.91 Å². The molecule has 1 heterocycles. The number of amides is 2. The van der Waals surface area contributed by atoms with E-state index in [2.05, 4.69) is 11.4 Å². The van der Waals surface area contributed by atoms with E-state index in [0.29, 0.717) is 18.7 Å². The van der Waals surface area contributed by atoms with Crippen molar-refractivity contribution in [2.45, 2.75) is 46.1 Å². The number of likely N-dealkylation sites (tertiary alicyclic amines) is 1. The summed E-state index contributed by atoms with van der Waals surface area (Å²) in [5, 5.41) is 2.94. The van der Waals surface area contributed by atoms with Crippen molar-refractivity contribution in [3.63, 3.8) is 0 Å².